The van der Waals surface area contributed by atoms with Crippen molar-refractivity contribution >= 4 is 42.5 Å². The van der Waals surface area contributed by atoms with Crippen LogP contribution in [-0.2, 0) is 4.79 Å². The van der Waals surface area contributed by atoms with Gasteiger partial charge in [-0.25, -0.2) is 0 Å². The molecule has 0 unspecified atom stereocenters. The Morgan fingerprint density at radius 2 is 0.550 bits per heavy atom. The maximum Gasteiger partial charge on any atom is 0.226 e. The molecule has 12 N–H and O–H groups in total. The first kappa shape index (κ1) is 16.5. The molecule has 0 atom stereocenters. The van der Waals surface area contributed by atoms with Crippen LogP contribution >= 0.6 is 0 Å². The number of nitrogens with zero attached hydrogens (tertiary/aromatic N) is 6. The van der Waals surface area contributed by atoms with Crippen LogP contribution in [0.5, 0.6) is 0 Å². The number of nitrogen functional groups attached to an aromatic ring is 6. The highest BCUT2D eigenvalue weighted by atomic mass is 16.1. The van der Waals surface area contributed by atoms with Gasteiger partial charge in [0.25, 0.3) is 0 Å². The van der Waals surface area contributed by atoms with Gasteiger partial charge in [-0.1, -0.05) is 0 Å². The van der Waals surface area contributed by atoms with E-state index in [-0.39, 0.29) is 35.7 Å². The number of carbonyl (C=O) groups excluding carboxylic acids is 1. The molecule has 2 rings (SSSR count). The van der Waals surface area contributed by atoms with Gasteiger partial charge in [-0.15, -0.1) is 0 Å². The summed E-state index contributed by atoms with van der Waals surface area (Å²) in [4.78, 5) is 28.9. The molecule has 2 aromatic rings. The Morgan fingerprint density at radius 3 is 0.650 bits per heavy atom. The van der Waals surface area contributed by atoms with Crippen molar-refractivity contribution in [2.24, 2.45) is 0 Å². The highest BCUT2D eigenvalue weighted by Crippen LogP contribution is 1.98. The lowest BCUT2D eigenvalue weighted by molar-refractivity contribution is -0.0979. The van der Waals surface area contributed by atoms with Gasteiger partial charge in [0.15, 0.2) is 0 Å². The first-order chi connectivity index (χ1) is 9.36. The van der Waals surface area contributed by atoms with Gasteiger partial charge in [-0.3, -0.25) is 0 Å². The molecule has 0 saturated carbocycles. The fraction of sp³-hybridized carbons (Fsp3) is 0. The monoisotopic (exact) mass is 282 g/mol. The Bertz CT molecular complexity index is 409. The third kappa shape index (κ3) is 6.28. The van der Waals surface area contributed by atoms with Crippen LogP contribution in [0.25, 0.3) is 0 Å². The molecule has 0 bridgehead atoms. The Labute approximate surface area is 112 Å². The summed E-state index contributed by atoms with van der Waals surface area (Å²) in [6, 6.07) is 0. The zero-order valence-corrected chi connectivity index (χ0v) is 10.3. The predicted molar refractivity (Wildman–Crippen MR) is 73.2 cm³/mol. The molecule has 0 aliphatic carbocycles. The van der Waals surface area contributed by atoms with Crippen molar-refractivity contribution in [3.63, 3.8) is 0 Å². The highest BCUT2D eigenvalue weighted by molar-refractivity contribution is 5.33. The van der Waals surface area contributed by atoms with Gasteiger partial charge in [0.1, 0.15) is 6.79 Å². The van der Waals surface area contributed by atoms with Crippen molar-refractivity contribution in [2.75, 3.05) is 34.4 Å². The molecule has 0 fully saturated rings. The van der Waals surface area contributed by atoms with Gasteiger partial charge in [-0.2, -0.15) is 29.9 Å². The first-order valence-electron chi connectivity index (χ1n) is 4.70. The van der Waals surface area contributed by atoms with Gasteiger partial charge in [0, 0.05) is 0 Å². The van der Waals surface area contributed by atoms with Crippen LogP contribution in [0.4, 0.5) is 35.7 Å². The molecule has 0 radical (unpaired) electrons. The van der Waals surface area contributed by atoms with Crippen LogP contribution in [0.1, 0.15) is 0 Å². The summed E-state index contributed by atoms with van der Waals surface area (Å²) >= 11 is 0. The lowest BCUT2D eigenvalue weighted by Gasteiger charge is -1.93. The van der Waals surface area contributed by atoms with E-state index in [1.165, 1.54) is 0 Å². The van der Waals surface area contributed by atoms with Crippen molar-refractivity contribution in [1.29, 1.82) is 0 Å². The second-order valence-corrected chi connectivity index (χ2v) is 2.82. The number of hydrogen-bond donors (Lipinski definition) is 6. The summed E-state index contributed by atoms with van der Waals surface area (Å²) in [5, 5.41) is 0. The number of nitrogens with two attached hydrogens (primary N) is 6. The number of rotatable bonds is 0. The van der Waals surface area contributed by atoms with Crippen molar-refractivity contribution in [2.45, 2.75) is 0 Å². The third-order valence-corrected chi connectivity index (χ3v) is 1.37. The minimum atomic E-state index is 0.0417. The molecule has 0 aliphatic heterocycles. The average Bonchev–Trinajstić information content (AvgIpc) is 2.28. The molecule has 0 aliphatic rings. The number of anilines is 6. The van der Waals surface area contributed by atoms with Crippen molar-refractivity contribution < 1.29 is 4.79 Å². The number of carbonyl (C=O) groups is 1. The maximum absolute atomic E-state index is 8.00. The van der Waals surface area contributed by atoms with Crippen LogP contribution in [0.3, 0.4) is 0 Å². The Balaban J connectivity index is 0.000000321. The van der Waals surface area contributed by atoms with E-state index >= 15 is 0 Å². The van der Waals surface area contributed by atoms with Crippen molar-refractivity contribution in [3.8, 4) is 0 Å². The third-order valence-electron chi connectivity index (χ3n) is 1.37. The number of aromatic nitrogens is 6. The summed E-state index contributed by atoms with van der Waals surface area (Å²) in [6.07, 6.45) is 0. The van der Waals surface area contributed by atoms with Crippen LogP contribution in [-0.4, -0.2) is 36.7 Å². The van der Waals surface area contributed by atoms with E-state index in [4.69, 9.17) is 39.2 Å². The molecule has 2 aromatic heterocycles. The van der Waals surface area contributed by atoms with E-state index < -0.39 is 0 Å². The molecule has 20 heavy (non-hydrogen) atoms. The Hall–Kier alpha value is -3.51. The lowest BCUT2D eigenvalue weighted by Crippen LogP contribution is -2.05. The summed E-state index contributed by atoms with van der Waals surface area (Å²) in [7, 11) is 0. The molecule has 0 amide bonds. The smallest absolute Gasteiger partial charge is 0.226 e. The first-order valence-corrected chi connectivity index (χ1v) is 4.70. The fourth-order valence-electron chi connectivity index (χ4n) is 0.854. The van der Waals surface area contributed by atoms with Crippen molar-refractivity contribution in [1.82, 2.24) is 29.9 Å². The van der Waals surface area contributed by atoms with E-state index in [1.54, 1.807) is 0 Å². The number of hydrogen-bond acceptors (Lipinski definition) is 13. The largest absolute Gasteiger partial charge is 0.368 e. The second kappa shape index (κ2) is 7.75. The normalized spacial score (nSPS) is 8.60. The quantitative estimate of drug-likeness (QED) is 0.283. The molecule has 108 valence electrons. The van der Waals surface area contributed by atoms with Gasteiger partial charge in [-0.05, 0) is 0 Å². The molecule has 13 heteroatoms. The second-order valence-electron chi connectivity index (χ2n) is 2.82. The van der Waals surface area contributed by atoms with Gasteiger partial charge in [0.2, 0.25) is 35.7 Å². The molecule has 13 nitrogen and oxygen atoms in total. The summed E-state index contributed by atoms with van der Waals surface area (Å²) in [5.74, 6) is 0.250. The van der Waals surface area contributed by atoms with E-state index in [0.717, 1.165) is 0 Å². The predicted octanol–water partition coefficient (Wildman–Crippen LogP) is -2.95. The van der Waals surface area contributed by atoms with E-state index in [1.807, 2.05) is 6.79 Å². The SMILES string of the molecule is C=O.Nc1nc(N)nc(N)n1.Nc1nc(N)nc(N)n1. The van der Waals surface area contributed by atoms with E-state index in [0.29, 0.717) is 0 Å². The average molecular weight is 282 g/mol. The zero-order valence-electron chi connectivity index (χ0n) is 10.3. The van der Waals surface area contributed by atoms with E-state index in [2.05, 4.69) is 29.9 Å². The van der Waals surface area contributed by atoms with Crippen molar-refractivity contribution in [3.05, 3.63) is 0 Å². The van der Waals surface area contributed by atoms with Crippen LogP contribution in [0.2, 0.25) is 0 Å². The molecule has 0 saturated heterocycles. The minimum absolute atomic E-state index is 0.0417. The lowest BCUT2D eigenvalue weighted by atomic mass is 10.9. The summed E-state index contributed by atoms with van der Waals surface area (Å²) < 4.78 is 0. The molecular weight excluding hydrogens is 268 g/mol. The fourth-order valence-corrected chi connectivity index (χ4v) is 0.854. The topological polar surface area (TPSA) is 251 Å². The van der Waals surface area contributed by atoms with E-state index in [9.17, 15) is 0 Å². The minimum Gasteiger partial charge on any atom is -0.368 e. The van der Waals surface area contributed by atoms with Crippen LogP contribution in [0.15, 0.2) is 0 Å². The van der Waals surface area contributed by atoms with Gasteiger partial charge in [0.05, 0.1) is 0 Å². The summed E-state index contributed by atoms with van der Waals surface area (Å²) in [5.41, 5.74) is 30.8. The van der Waals surface area contributed by atoms with Crippen LogP contribution in [0, 0.1) is 0 Å². The molecule has 0 aromatic carbocycles. The summed E-state index contributed by atoms with van der Waals surface area (Å²) in [6.45, 7) is 2.00. The Kier molecular flexibility index (Phi) is 6.39. The molecular formula is C7H14N12O. The van der Waals surface area contributed by atoms with Gasteiger partial charge < -0.3 is 39.2 Å². The highest BCUT2D eigenvalue weighted by Gasteiger charge is 1.94. The molecule has 0 spiro atoms. The standard InChI is InChI=1S/2C3H6N6.CH2O/c2*4-1-7-2(5)9-3(6)8-1;1-2/h2*(H6,4,5,6,7,8,9);1H2. The Morgan fingerprint density at radius 1 is 0.450 bits per heavy atom. The maximum atomic E-state index is 8.00. The zero-order chi connectivity index (χ0) is 15.7. The van der Waals surface area contributed by atoms with Crippen LogP contribution < -0.4 is 34.4 Å². The molecule has 2 heterocycles. The van der Waals surface area contributed by atoms with Gasteiger partial charge >= 0.3 is 0 Å².